The molecule has 0 bridgehead atoms. The molecular formula is C15H18N2O4. The summed E-state index contributed by atoms with van der Waals surface area (Å²) in [7, 11) is 0. The van der Waals surface area contributed by atoms with Gasteiger partial charge in [-0.1, -0.05) is 0 Å². The van der Waals surface area contributed by atoms with E-state index in [0.717, 1.165) is 6.42 Å². The number of amides is 1. The fourth-order valence-electron chi connectivity index (χ4n) is 3.10. The van der Waals surface area contributed by atoms with Gasteiger partial charge < -0.3 is 18.8 Å². The Bertz CT molecular complexity index is 595. The van der Waals surface area contributed by atoms with Crippen molar-refractivity contribution in [1.82, 2.24) is 4.90 Å². The molecule has 2 aliphatic rings. The molecular weight excluding hydrogens is 272 g/mol. The van der Waals surface area contributed by atoms with Crippen LogP contribution in [0.4, 0.5) is 0 Å². The molecule has 1 amide bonds. The van der Waals surface area contributed by atoms with Crippen LogP contribution in [0.3, 0.4) is 0 Å². The van der Waals surface area contributed by atoms with Crippen LogP contribution in [-0.2, 0) is 9.47 Å². The van der Waals surface area contributed by atoms with Crippen LogP contribution < -0.4 is 0 Å². The predicted molar refractivity (Wildman–Crippen MR) is 72.8 cm³/mol. The Morgan fingerprint density at radius 3 is 3.00 bits per heavy atom. The standard InChI is InChI=1S/C15H18N2O4/c1-10-7-17(8-15(21-10)3-4-19-9-15)14(18)13-5-12(6-16)20-11(13)2/h5,10H,3-4,7-9H2,1-2H3/t10-,15-/m0/s1. The summed E-state index contributed by atoms with van der Waals surface area (Å²) >= 11 is 0. The molecule has 0 radical (unpaired) electrons. The summed E-state index contributed by atoms with van der Waals surface area (Å²) in [6, 6.07) is 3.43. The van der Waals surface area contributed by atoms with Crippen molar-refractivity contribution in [1.29, 1.82) is 5.26 Å². The molecule has 2 atom stereocenters. The van der Waals surface area contributed by atoms with Crippen LogP contribution in [0.2, 0.25) is 0 Å². The quantitative estimate of drug-likeness (QED) is 0.783. The van der Waals surface area contributed by atoms with Crippen LogP contribution in [0.5, 0.6) is 0 Å². The zero-order chi connectivity index (χ0) is 15.0. The normalized spacial score (nSPS) is 28.8. The first-order valence-corrected chi connectivity index (χ1v) is 7.08. The summed E-state index contributed by atoms with van der Waals surface area (Å²) in [5, 5.41) is 8.87. The smallest absolute Gasteiger partial charge is 0.257 e. The van der Waals surface area contributed by atoms with Crippen LogP contribution in [0.15, 0.2) is 10.5 Å². The van der Waals surface area contributed by atoms with Gasteiger partial charge in [0.25, 0.3) is 5.91 Å². The van der Waals surface area contributed by atoms with Crippen molar-refractivity contribution < 1.29 is 18.7 Å². The Morgan fingerprint density at radius 2 is 2.38 bits per heavy atom. The third kappa shape index (κ3) is 2.55. The number of hydrogen-bond acceptors (Lipinski definition) is 5. The van der Waals surface area contributed by atoms with Crippen LogP contribution in [0, 0.1) is 18.3 Å². The lowest BCUT2D eigenvalue weighted by Gasteiger charge is -2.42. The Morgan fingerprint density at radius 1 is 1.57 bits per heavy atom. The first-order valence-electron chi connectivity index (χ1n) is 7.08. The van der Waals surface area contributed by atoms with Gasteiger partial charge in [-0.05, 0) is 13.8 Å². The molecule has 3 heterocycles. The van der Waals surface area contributed by atoms with Crippen molar-refractivity contribution >= 4 is 5.91 Å². The fraction of sp³-hybridized carbons (Fsp3) is 0.600. The zero-order valence-corrected chi connectivity index (χ0v) is 12.2. The molecule has 0 N–H and O–H groups in total. The zero-order valence-electron chi connectivity index (χ0n) is 12.2. The van der Waals surface area contributed by atoms with E-state index in [1.807, 2.05) is 13.0 Å². The molecule has 2 aliphatic heterocycles. The van der Waals surface area contributed by atoms with Gasteiger partial charge in [-0.15, -0.1) is 0 Å². The summed E-state index contributed by atoms with van der Waals surface area (Å²) in [6.07, 6.45) is 0.765. The second-order valence-corrected chi connectivity index (χ2v) is 5.79. The van der Waals surface area contributed by atoms with Crippen molar-refractivity contribution in [3.63, 3.8) is 0 Å². The number of ether oxygens (including phenoxy) is 2. The lowest BCUT2D eigenvalue weighted by atomic mass is 9.98. The summed E-state index contributed by atoms with van der Waals surface area (Å²) < 4.78 is 16.7. The molecule has 1 spiro atoms. The van der Waals surface area contributed by atoms with E-state index in [-0.39, 0.29) is 23.4 Å². The number of nitrogens with zero attached hydrogens (tertiary/aromatic N) is 2. The molecule has 0 unspecified atom stereocenters. The topological polar surface area (TPSA) is 75.7 Å². The molecule has 21 heavy (non-hydrogen) atoms. The van der Waals surface area contributed by atoms with E-state index >= 15 is 0 Å². The number of nitriles is 1. The molecule has 1 aromatic heterocycles. The van der Waals surface area contributed by atoms with E-state index < -0.39 is 0 Å². The minimum absolute atomic E-state index is 0.0351. The average molecular weight is 290 g/mol. The summed E-state index contributed by atoms with van der Waals surface area (Å²) in [5.41, 5.74) is 0.0676. The van der Waals surface area contributed by atoms with Crippen molar-refractivity contribution in [3.05, 3.63) is 23.2 Å². The third-order valence-electron chi connectivity index (χ3n) is 4.02. The molecule has 2 saturated heterocycles. The number of hydrogen-bond donors (Lipinski definition) is 0. The van der Waals surface area contributed by atoms with Crippen molar-refractivity contribution in [2.24, 2.45) is 0 Å². The molecule has 6 heteroatoms. The maximum Gasteiger partial charge on any atom is 0.257 e. The number of carbonyl (C=O) groups excluding carboxylic acids is 1. The molecule has 0 saturated carbocycles. The highest BCUT2D eigenvalue weighted by atomic mass is 16.6. The van der Waals surface area contributed by atoms with Gasteiger partial charge in [0.15, 0.2) is 0 Å². The van der Waals surface area contributed by atoms with E-state index in [0.29, 0.717) is 37.6 Å². The SMILES string of the molecule is Cc1oc(C#N)cc1C(=O)N1C[C@H](C)O[C@@]2(CCOC2)C1. The molecule has 0 aliphatic carbocycles. The van der Waals surface area contributed by atoms with Crippen LogP contribution in [-0.4, -0.2) is 48.8 Å². The van der Waals surface area contributed by atoms with E-state index in [1.54, 1.807) is 11.8 Å². The Balaban J connectivity index is 1.83. The minimum Gasteiger partial charge on any atom is -0.450 e. The van der Waals surface area contributed by atoms with E-state index in [4.69, 9.17) is 19.2 Å². The first kappa shape index (κ1) is 14.1. The van der Waals surface area contributed by atoms with Gasteiger partial charge in [-0.25, -0.2) is 0 Å². The highest BCUT2D eigenvalue weighted by molar-refractivity contribution is 5.95. The number of rotatable bonds is 1. The molecule has 0 aromatic carbocycles. The maximum absolute atomic E-state index is 12.7. The lowest BCUT2D eigenvalue weighted by molar-refractivity contribution is -0.138. The third-order valence-corrected chi connectivity index (χ3v) is 4.02. The summed E-state index contributed by atoms with van der Waals surface area (Å²) in [5.74, 6) is 0.530. The van der Waals surface area contributed by atoms with E-state index in [9.17, 15) is 4.79 Å². The number of morpholine rings is 1. The summed E-state index contributed by atoms with van der Waals surface area (Å²) in [6.45, 7) is 5.90. The van der Waals surface area contributed by atoms with Crippen molar-refractivity contribution in [2.75, 3.05) is 26.3 Å². The highest BCUT2D eigenvalue weighted by Crippen LogP contribution is 2.31. The number of carbonyl (C=O) groups is 1. The average Bonchev–Trinajstić information content (AvgIpc) is 3.04. The largest absolute Gasteiger partial charge is 0.450 e. The van der Waals surface area contributed by atoms with Crippen molar-refractivity contribution in [2.45, 2.75) is 32.0 Å². The second-order valence-electron chi connectivity index (χ2n) is 5.79. The second kappa shape index (κ2) is 5.17. The van der Waals surface area contributed by atoms with Crippen LogP contribution >= 0.6 is 0 Å². The lowest BCUT2D eigenvalue weighted by Crippen LogP contribution is -2.57. The van der Waals surface area contributed by atoms with Crippen LogP contribution in [0.1, 0.15) is 35.2 Å². The van der Waals surface area contributed by atoms with Gasteiger partial charge in [0.05, 0.1) is 24.8 Å². The Labute approximate surface area is 123 Å². The molecule has 1 aromatic rings. The minimum atomic E-state index is -0.386. The van der Waals surface area contributed by atoms with E-state index in [2.05, 4.69) is 0 Å². The van der Waals surface area contributed by atoms with Gasteiger partial charge in [-0.2, -0.15) is 5.26 Å². The first-order chi connectivity index (χ1) is 10.0. The van der Waals surface area contributed by atoms with Gasteiger partial charge >= 0.3 is 0 Å². The molecule has 3 rings (SSSR count). The number of furan rings is 1. The maximum atomic E-state index is 12.7. The molecule has 2 fully saturated rings. The Kier molecular flexibility index (Phi) is 3.47. The monoisotopic (exact) mass is 290 g/mol. The van der Waals surface area contributed by atoms with Crippen LogP contribution in [0.25, 0.3) is 0 Å². The Hall–Kier alpha value is -1.84. The molecule has 112 valence electrons. The fourth-order valence-corrected chi connectivity index (χ4v) is 3.10. The number of aryl methyl sites for hydroxylation is 1. The van der Waals surface area contributed by atoms with Crippen molar-refractivity contribution in [3.8, 4) is 6.07 Å². The van der Waals surface area contributed by atoms with Gasteiger partial charge in [0.2, 0.25) is 5.76 Å². The summed E-state index contributed by atoms with van der Waals surface area (Å²) in [4.78, 5) is 14.5. The van der Waals surface area contributed by atoms with Gasteiger partial charge in [-0.3, -0.25) is 4.79 Å². The van der Waals surface area contributed by atoms with E-state index in [1.165, 1.54) is 6.07 Å². The molecule has 6 nitrogen and oxygen atoms in total. The van der Waals surface area contributed by atoms with Gasteiger partial charge in [0, 0.05) is 25.6 Å². The van der Waals surface area contributed by atoms with Gasteiger partial charge in [0.1, 0.15) is 17.4 Å². The highest BCUT2D eigenvalue weighted by Gasteiger charge is 2.44. The predicted octanol–water partition coefficient (Wildman–Crippen LogP) is 1.48.